The molecule has 0 saturated carbocycles. The number of nitrogens with zero attached hydrogens (tertiary/aromatic N) is 2. The molecule has 0 spiro atoms. The number of H-pyrrole nitrogens is 2. The van der Waals surface area contributed by atoms with Gasteiger partial charge < -0.3 is 16.5 Å². The van der Waals surface area contributed by atoms with Crippen LogP contribution in [0.1, 0.15) is 25.1 Å². The Balaban J connectivity index is 2.15. The molecular formula is C10H16N6O. The van der Waals surface area contributed by atoms with Crippen LogP contribution in [0.4, 0.5) is 5.95 Å². The number of nitrogens with two attached hydrogens (primary N) is 2. The van der Waals surface area contributed by atoms with Gasteiger partial charge in [0.1, 0.15) is 5.82 Å². The van der Waals surface area contributed by atoms with Crippen molar-refractivity contribution in [3.05, 3.63) is 16.2 Å². The molecular weight excluding hydrogens is 220 g/mol. The molecule has 0 aromatic carbocycles. The van der Waals surface area contributed by atoms with Crippen molar-refractivity contribution in [3.63, 3.8) is 0 Å². The van der Waals surface area contributed by atoms with Gasteiger partial charge in [0, 0.05) is 6.42 Å². The number of nitrogen functional groups attached to an aromatic ring is 1. The highest BCUT2D eigenvalue weighted by Gasteiger charge is 2.08. The van der Waals surface area contributed by atoms with Crippen LogP contribution < -0.4 is 17.0 Å². The van der Waals surface area contributed by atoms with Gasteiger partial charge in [-0.1, -0.05) is 6.42 Å². The fourth-order valence-electron chi connectivity index (χ4n) is 1.70. The summed E-state index contributed by atoms with van der Waals surface area (Å²) in [5.41, 5.74) is 11.3. The Morgan fingerprint density at radius 2 is 1.94 bits per heavy atom. The lowest BCUT2D eigenvalue weighted by Crippen LogP contribution is -2.10. The van der Waals surface area contributed by atoms with Crippen LogP contribution >= 0.6 is 0 Å². The monoisotopic (exact) mass is 236 g/mol. The minimum Gasteiger partial charge on any atom is -0.369 e. The number of hydrogen-bond donors (Lipinski definition) is 4. The quantitative estimate of drug-likeness (QED) is 0.539. The summed E-state index contributed by atoms with van der Waals surface area (Å²) >= 11 is 0. The van der Waals surface area contributed by atoms with Crippen molar-refractivity contribution in [1.29, 1.82) is 0 Å². The summed E-state index contributed by atoms with van der Waals surface area (Å²) in [5, 5.41) is 0. The molecule has 0 aliphatic heterocycles. The van der Waals surface area contributed by atoms with E-state index >= 15 is 0 Å². The van der Waals surface area contributed by atoms with Crippen LogP contribution in [0.2, 0.25) is 0 Å². The molecule has 0 saturated heterocycles. The highest BCUT2D eigenvalue weighted by atomic mass is 16.1. The van der Waals surface area contributed by atoms with Gasteiger partial charge in [-0.3, -0.25) is 9.78 Å². The smallest absolute Gasteiger partial charge is 0.278 e. The molecule has 0 aliphatic carbocycles. The fourth-order valence-corrected chi connectivity index (χ4v) is 1.70. The van der Waals surface area contributed by atoms with E-state index < -0.39 is 0 Å². The van der Waals surface area contributed by atoms with Crippen molar-refractivity contribution in [3.8, 4) is 0 Å². The molecule has 0 atom stereocenters. The molecule has 2 aromatic rings. The number of imidazole rings is 1. The zero-order valence-electron chi connectivity index (χ0n) is 9.49. The number of fused-ring (bicyclic) bond motifs is 1. The number of nitrogens with one attached hydrogen (secondary N) is 2. The van der Waals surface area contributed by atoms with Crippen molar-refractivity contribution in [1.82, 2.24) is 19.9 Å². The molecule has 7 nitrogen and oxygen atoms in total. The second kappa shape index (κ2) is 4.96. The Morgan fingerprint density at radius 3 is 2.71 bits per heavy atom. The van der Waals surface area contributed by atoms with Crippen LogP contribution in [-0.2, 0) is 6.42 Å². The van der Waals surface area contributed by atoms with Gasteiger partial charge in [0.15, 0.2) is 11.2 Å². The number of aromatic amines is 2. The molecule has 2 rings (SSSR count). The maximum absolute atomic E-state index is 11.5. The van der Waals surface area contributed by atoms with Crippen LogP contribution in [0.3, 0.4) is 0 Å². The molecule has 17 heavy (non-hydrogen) atoms. The summed E-state index contributed by atoms with van der Waals surface area (Å²) in [6, 6.07) is 0. The highest BCUT2D eigenvalue weighted by molar-refractivity contribution is 5.70. The molecule has 0 unspecified atom stereocenters. The summed E-state index contributed by atoms with van der Waals surface area (Å²) in [4.78, 5) is 25.1. The third-order valence-electron chi connectivity index (χ3n) is 2.55. The van der Waals surface area contributed by atoms with Gasteiger partial charge in [0.2, 0.25) is 5.95 Å². The standard InChI is InChI=1S/C10H16N6O/c11-5-3-1-2-4-6-13-7-8(14-6)15-10(12)16-9(7)17/h1-5,11H2,(H4,12,13,14,15,16,17). The first-order valence-corrected chi connectivity index (χ1v) is 5.65. The van der Waals surface area contributed by atoms with Gasteiger partial charge in [-0.05, 0) is 19.4 Å². The number of aryl methyl sites for hydroxylation is 1. The van der Waals surface area contributed by atoms with E-state index in [0.717, 1.165) is 31.5 Å². The Bertz CT molecular complexity index is 557. The molecule has 0 amide bonds. The minimum absolute atomic E-state index is 0.0867. The molecule has 0 aliphatic rings. The molecule has 7 heteroatoms. The van der Waals surface area contributed by atoms with Crippen molar-refractivity contribution >= 4 is 17.1 Å². The van der Waals surface area contributed by atoms with Gasteiger partial charge in [-0.25, -0.2) is 4.98 Å². The molecule has 2 heterocycles. The van der Waals surface area contributed by atoms with Crippen LogP contribution in [0.5, 0.6) is 0 Å². The van der Waals surface area contributed by atoms with E-state index in [1.807, 2.05) is 0 Å². The number of unbranched alkanes of at least 4 members (excludes halogenated alkanes) is 2. The second-order valence-corrected chi connectivity index (χ2v) is 3.93. The lowest BCUT2D eigenvalue weighted by molar-refractivity contribution is 0.673. The number of anilines is 1. The average molecular weight is 236 g/mol. The second-order valence-electron chi connectivity index (χ2n) is 3.93. The number of rotatable bonds is 5. The third-order valence-corrected chi connectivity index (χ3v) is 2.55. The maximum atomic E-state index is 11.5. The lowest BCUT2D eigenvalue weighted by Gasteiger charge is -1.95. The van der Waals surface area contributed by atoms with E-state index in [0.29, 0.717) is 17.7 Å². The van der Waals surface area contributed by atoms with Gasteiger partial charge in [-0.2, -0.15) is 4.98 Å². The Labute approximate surface area is 97.6 Å². The van der Waals surface area contributed by atoms with Crippen molar-refractivity contribution in [2.75, 3.05) is 12.3 Å². The van der Waals surface area contributed by atoms with Crippen LogP contribution in [-0.4, -0.2) is 26.5 Å². The SMILES string of the molecule is NCCCCCc1nc2nc(N)[nH]c(=O)c2[nH]1. The zero-order chi connectivity index (χ0) is 12.3. The third kappa shape index (κ3) is 2.62. The van der Waals surface area contributed by atoms with Crippen molar-refractivity contribution in [2.24, 2.45) is 5.73 Å². The molecule has 6 N–H and O–H groups in total. The summed E-state index contributed by atoms with van der Waals surface area (Å²) in [5.74, 6) is 0.851. The van der Waals surface area contributed by atoms with Crippen molar-refractivity contribution in [2.45, 2.75) is 25.7 Å². The molecule has 0 radical (unpaired) electrons. The first kappa shape index (κ1) is 11.6. The summed E-state index contributed by atoms with van der Waals surface area (Å²) < 4.78 is 0. The predicted octanol–water partition coefficient (Wildman–Crippen LogP) is -0.100. The van der Waals surface area contributed by atoms with Crippen molar-refractivity contribution < 1.29 is 0 Å². The zero-order valence-corrected chi connectivity index (χ0v) is 9.49. The van der Waals surface area contributed by atoms with E-state index in [4.69, 9.17) is 11.5 Å². The highest BCUT2D eigenvalue weighted by Crippen LogP contribution is 2.08. The van der Waals surface area contributed by atoms with E-state index in [-0.39, 0.29) is 11.5 Å². The fraction of sp³-hybridized carbons (Fsp3) is 0.500. The number of aromatic nitrogens is 4. The van der Waals surface area contributed by atoms with E-state index in [1.54, 1.807) is 0 Å². The van der Waals surface area contributed by atoms with Crippen LogP contribution in [0.15, 0.2) is 4.79 Å². The summed E-state index contributed by atoms with van der Waals surface area (Å²) in [7, 11) is 0. The topological polar surface area (TPSA) is 126 Å². The lowest BCUT2D eigenvalue weighted by atomic mass is 10.2. The predicted molar refractivity (Wildman–Crippen MR) is 65.5 cm³/mol. The normalized spacial score (nSPS) is 11.1. The average Bonchev–Trinajstić information content (AvgIpc) is 2.67. The molecule has 0 fully saturated rings. The van der Waals surface area contributed by atoms with Gasteiger partial charge in [0.05, 0.1) is 0 Å². The Hall–Kier alpha value is -1.89. The van der Waals surface area contributed by atoms with Crippen LogP contribution in [0.25, 0.3) is 11.2 Å². The molecule has 92 valence electrons. The Kier molecular flexibility index (Phi) is 3.38. The first-order chi connectivity index (χ1) is 8.20. The first-order valence-electron chi connectivity index (χ1n) is 5.65. The minimum atomic E-state index is -0.284. The van der Waals surface area contributed by atoms with E-state index in [2.05, 4.69) is 19.9 Å². The Morgan fingerprint density at radius 1 is 1.12 bits per heavy atom. The summed E-state index contributed by atoms with van der Waals surface area (Å²) in [6.07, 6.45) is 3.84. The summed E-state index contributed by atoms with van der Waals surface area (Å²) in [6.45, 7) is 0.706. The maximum Gasteiger partial charge on any atom is 0.278 e. The van der Waals surface area contributed by atoms with Gasteiger partial charge in [-0.15, -0.1) is 0 Å². The van der Waals surface area contributed by atoms with E-state index in [9.17, 15) is 4.79 Å². The van der Waals surface area contributed by atoms with Gasteiger partial charge in [0.25, 0.3) is 5.56 Å². The molecule has 2 aromatic heterocycles. The van der Waals surface area contributed by atoms with Crippen LogP contribution in [0, 0.1) is 0 Å². The molecule has 0 bridgehead atoms. The largest absolute Gasteiger partial charge is 0.369 e. The van der Waals surface area contributed by atoms with Gasteiger partial charge >= 0.3 is 0 Å². The van der Waals surface area contributed by atoms with E-state index in [1.165, 1.54) is 0 Å². The number of hydrogen-bond acceptors (Lipinski definition) is 5.